The second kappa shape index (κ2) is 5.39. The first kappa shape index (κ1) is 12.8. The molecule has 3 nitrogen and oxygen atoms in total. The molecule has 1 heterocycles. The Morgan fingerprint density at radius 2 is 1.85 bits per heavy atom. The van der Waals surface area contributed by atoms with Gasteiger partial charge >= 0.3 is 0 Å². The Morgan fingerprint density at radius 3 is 2.60 bits per heavy atom. The molecule has 0 fully saturated rings. The maximum Gasteiger partial charge on any atom is 0.120 e. The topological polar surface area (TPSA) is 40.2 Å². The highest BCUT2D eigenvalue weighted by atomic mass is 16.5. The van der Waals surface area contributed by atoms with Crippen LogP contribution in [-0.2, 0) is 20.2 Å². The number of ether oxygens (including phenoxy) is 1. The molecule has 3 heteroatoms. The van der Waals surface area contributed by atoms with Crippen LogP contribution in [0.3, 0.4) is 0 Å². The number of benzene rings is 2. The summed E-state index contributed by atoms with van der Waals surface area (Å²) in [6, 6.07) is 18.4. The summed E-state index contributed by atoms with van der Waals surface area (Å²) in [6.07, 6.45) is 0. The molecule has 0 saturated carbocycles. The number of nitrogens with zero attached hydrogens (tertiary/aromatic N) is 1. The zero-order valence-corrected chi connectivity index (χ0v) is 11.5. The molecule has 0 unspecified atom stereocenters. The average molecular weight is 266 g/mol. The fourth-order valence-corrected chi connectivity index (χ4v) is 2.41. The largest absolute Gasteiger partial charge is 0.489 e. The Hall–Kier alpha value is -2.26. The number of rotatable bonds is 4. The van der Waals surface area contributed by atoms with E-state index >= 15 is 0 Å². The Balaban J connectivity index is 1.82. The Labute approximate surface area is 118 Å². The van der Waals surface area contributed by atoms with Gasteiger partial charge < -0.3 is 15.0 Å². The van der Waals surface area contributed by atoms with Gasteiger partial charge in [-0.3, -0.25) is 0 Å². The van der Waals surface area contributed by atoms with Crippen molar-refractivity contribution in [2.24, 2.45) is 12.8 Å². The van der Waals surface area contributed by atoms with Crippen LogP contribution in [0.25, 0.3) is 10.9 Å². The lowest BCUT2D eigenvalue weighted by Crippen LogP contribution is -2.02. The van der Waals surface area contributed by atoms with Gasteiger partial charge in [0.15, 0.2) is 0 Å². The predicted octanol–water partition coefficient (Wildman–Crippen LogP) is 3.22. The van der Waals surface area contributed by atoms with Gasteiger partial charge in [0, 0.05) is 30.2 Å². The molecule has 3 rings (SSSR count). The molecule has 102 valence electrons. The number of hydrogen-bond donors (Lipinski definition) is 1. The monoisotopic (exact) mass is 266 g/mol. The van der Waals surface area contributed by atoms with E-state index in [0.717, 1.165) is 11.4 Å². The first-order valence-corrected chi connectivity index (χ1v) is 6.73. The molecule has 0 amide bonds. The molecular weight excluding hydrogens is 248 g/mol. The van der Waals surface area contributed by atoms with E-state index < -0.39 is 0 Å². The summed E-state index contributed by atoms with van der Waals surface area (Å²) in [6.45, 7) is 1.13. The summed E-state index contributed by atoms with van der Waals surface area (Å²) in [5.41, 5.74) is 9.21. The fraction of sp³-hybridized carbons (Fsp3) is 0.176. The van der Waals surface area contributed by atoms with Crippen molar-refractivity contribution < 1.29 is 4.74 Å². The van der Waals surface area contributed by atoms with Gasteiger partial charge in [-0.1, -0.05) is 30.3 Å². The van der Waals surface area contributed by atoms with Crippen LogP contribution in [0.2, 0.25) is 0 Å². The van der Waals surface area contributed by atoms with Gasteiger partial charge in [-0.25, -0.2) is 0 Å². The van der Waals surface area contributed by atoms with Crippen molar-refractivity contribution in [3.05, 3.63) is 65.9 Å². The van der Waals surface area contributed by atoms with Gasteiger partial charge in [0.1, 0.15) is 12.4 Å². The molecule has 0 aliphatic carbocycles. The summed E-state index contributed by atoms with van der Waals surface area (Å²) in [4.78, 5) is 0. The first-order valence-electron chi connectivity index (χ1n) is 6.73. The van der Waals surface area contributed by atoms with Crippen molar-refractivity contribution in [3.63, 3.8) is 0 Å². The van der Waals surface area contributed by atoms with Gasteiger partial charge in [0.05, 0.1) is 0 Å². The van der Waals surface area contributed by atoms with Crippen molar-refractivity contribution in [2.75, 3.05) is 0 Å². The highest BCUT2D eigenvalue weighted by Gasteiger charge is 2.05. The Morgan fingerprint density at radius 1 is 1.05 bits per heavy atom. The number of nitrogens with two attached hydrogens (primary N) is 1. The van der Waals surface area contributed by atoms with E-state index in [2.05, 4.69) is 34.9 Å². The first-order chi connectivity index (χ1) is 9.78. The third-order valence-electron chi connectivity index (χ3n) is 3.57. The molecule has 0 bridgehead atoms. The second-order valence-corrected chi connectivity index (χ2v) is 4.89. The minimum atomic E-state index is 0.547. The van der Waals surface area contributed by atoms with E-state index in [1.807, 2.05) is 31.3 Å². The van der Waals surface area contributed by atoms with E-state index in [1.54, 1.807) is 0 Å². The van der Waals surface area contributed by atoms with Crippen molar-refractivity contribution in [3.8, 4) is 5.75 Å². The maximum absolute atomic E-state index is 5.84. The van der Waals surface area contributed by atoms with Crippen molar-refractivity contribution in [2.45, 2.75) is 13.2 Å². The van der Waals surface area contributed by atoms with E-state index in [9.17, 15) is 0 Å². The lowest BCUT2D eigenvalue weighted by Gasteiger charge is -2.07. The zero-order valence-electron chi connectivity index (χ0n) is 11.5. The van der Waals surface area contributed by atoms with Gasteiger partial charge in [-0.2, -0.15) is 0 Å². The van der Waals surface area contributed by atoms with Crippen LogP contribution in [0.5, 0.6) is 5.75 Å². The molecule has 0 radical (unpaired) electrons. The standard InChI is InChI=1S/C17H18N2O/c1-19-15(11-18)9-14-10-16(7-8-17(14)19)20-12-13-5-3-2-4-6-13/h2-10H,11-12,18H2,1H3. The van der Waals surface area contributed by atoms with Crippen LogP contribution < -0.4 is 10.5 Å². The Kier molecular flexibility index (Phi) is 3.44. The smallest absolute Gasteiger partial charge is 0.120 e. The SMILES string of the molecule is Cn1c(CN)cc2cc(OCc3ccccc3)ccc21. The quantitative estimate of drug-likeness (QED) is 0.787. The molecular formula is C17H18N2O. The van der Waals surface area contributed by atoms with Gasteiger partial charge in [0.2, 0.25) is 0 Å². The van der Waals surface area contributed by atoms with Gasteiger partial charge in [-0.05, 0) is 29.8 Å². The molecule has 0 aliphatic rings. The van der Waals surface area contributed by atoms with Gasteiger partial charge in [0.25, 0.3) is 0 Å². The molecule has 0 saturated heterocycles. The Bertz CT molecular complexity index is 716. The molecule has 2 aromatic carbocycles. The van der Waals surface area contributed by atoms with Crippen LogP contribution in [-0.4, -0.2) is 4.57 Å². The van der Waals surface area contributed by atoms with Crippen LogP contribution in [0.15, 0.2) is 54.6 Å². The van der Waals surface area contributed by atoms with Crippen LogP contribution in [0.1, 0.15) is 11.3 Å². The lowest BCUT2D eigenvalue weighted by atomic mass is 10.2. The fourth-order valence-electron chi connectivity index (χ4n) is 2.41. The summed E-state index contributed by atoms with van der Waals surface area (Å²) < 4.78 is 7.96. The van der Waals surface area contributed by atoms with Crippen molar-refractivity contribution >= 4 is 10.9 Å². The highest BCUT2D eigenvalue weighted by molar-refractivity contribution is 5.82. The van der Waals surface area contributed by atoms with Gasteiger partial charge in [-0.15, -0.1) is 0 Å². The molecule has 0 spiro atoms. The minimum absolute atomic E-state index is 0.547. The number of hydrogen-bond acceptors (Lipinski definition) is 2. The number of aromatic nitrogens is 1. The van der Waals surface area contributed by atoms with Crippen LogP contribution >= 0.6 is 0 Å². The molecule has 0 aliphatic heterocycles. The van der Waals surface area contributed by atoms with Crippen molar-refractivity contribution in [1.29, 1.82) is 0 Å². The molecule has 2 N–H and O–H groups in total. The minimum Gasteiger partial charge on any atom is -0.489 e. The van der Waals surface area contributed by atoms with Crippen LogP contribution in [0.4, 0.5) is 0 Å². The normalized spacial score (nSPS) is 10.9. The van der Waals surface area contributed by atoms with E-state index in [-0.39, 0.29) is 0 Å². The van der Waals surface area contributed by atoms with Crippen LogP contribution in [0, 0.1) is 0 Å². The predicted molar refractivity (Wildman–Crippen MR) is 81.6 cm³/mol. The summed E-state index contributed by atoms with van der Waals surface area (Å²) >= 11 is 0. The molecule has 0 atom stereocenters. The van der Waals surface area contributed by atoms with Crippen molar-refractivity contribution in [1.82, 2.24) is 4.57 Å². The maximum atomic E-state index is 5.84. The van der Waals surface area contributed by atoms with E-state index in [0.29, 0.717) is 13.2 Å². The average Bonchev–Trinajstić information content (AvgIpc) is 2.82. The number of aryl methyl sites for hydroxylation is 1. The third-order valence-corrected chi connectivity index (χ3v) is 3.57. The molecule has 1 aromatic heterocycles. The summed E-state index contributed by atoms with van der Waals surface area (Å²) in [7, 11) is 2.04. The zero-order chi connectivity index (χ0) is 13.9. The second-order valence-electron chi connectivity index (χ2n) is 4.89. The third kappa shape index (κ3) is 2.40. The summed E-state index contributed by atoms with van der Waals surface area (Å²) in [5, 5.41) is 1.17. The highest BCUT2D eigenvalue weighted by Crippen LogP contribution is 2.24. The number of fused-ring (bicyclic) bond motifs is 1. The molecule has 20 heavy (non-hydrogen) atoms. The molecule has 3 aromatic rings. The van der Waals surface area contributed by atoms with E-state index in [1.165, 1.54) is 16.5 Å². The van der Waals surface area contributed by atoms with E-state index in [4.69, 9.17) is 10.5 Å². The lowest BCUT2D eigenvalue weighted by molar-refractivity contribution is 0.306. The summed E-state index contributed by atoms with van der Waals surface area (Å²) in [5.74, 6) is 0.885.